The van der Waals surface area contributed by atoms with E-state index in [-0.39, 0.29) is 12.2 Å². The lowest BCUT2D eigenvalue weighted by Gasteiger charge is -2.24. The van der Waals surface area contributed by atoms with Crippen LogP contribution in [0.3, 0.4) is 0 Å². The number of halogens is 3. The molecule has 0 aliphatic carbocycles. The van der Waals surface area contributed by atoms with Crippen LogP contribution in [0.5, 0.6) is 17.2 Å². The van der Waals surface area contributed by atoms with Gasteiger partial charge in [-0.1, -0.05) is 71.0 Å². The number of aromatic nitrogens is 7. The van der Waals surface area contributed by atoms with Gasteiger partial charge in [-0.3, -0.25) is 9.97 Å². The van der Waals surface area contributed by atoms with Crippen LogP contribution < -0.4 is 24.8 Å². The van der Waals surface area contributed by atoms with Crippen LogP contribution in [-0.4, -0.2) is 82.3 Å². The molecule has 19 nitrogen and oxygen atoms in total. The normalized spacial score (nSPS) is 19.3. The van der Waals surface area contributed by atoms with Crippen molar-refractivity contribution < 1.29 is 43.1 Å². The molecular formula is C73H69Cl3N10O9S3. The number of likely N-dealkylation sites (N-methyl/N-ethyl adjacent to an activating group) is 1. The Hall–Kier alpha value is -7.42. The minimum Gasteiger partial charge on any atom is -0.481 e. The van der Waals surface area contributed by atoms with Crippen molar-refractivity contribution in [1.82, 2.24) is 50.9 Å². The minimum absolute atomic E-state index is 0.224. The third-order valence-corrected chi connectivity index (χ3v) is 23.7. The summed E-state index contributed by atoms with van der Waals surface area (Å²) in [7, 11) is 2.11. The molecular weight excluding hydrogens is 1360 g/mol. The number of nitrogens with one attached hydrogen (secondary N) is 2. The fraction of sp³-hybridized carbons (Fsp3) is 0.356. The van der Waals surface area contributed by atoms with Gasteiger partial charge >= 0.3 is 0 Å². The smallest absolute Gasteiger partial charge is 0.185 e. The minimum atomic E-state index is -0.660. The van der Waals surface area contributed by atoms with E-state index in [0.717, 1.165) is 222 Å². The topological polar surface area (TPSA) is 245 Å². The van der Waals surface area contributed by atoms with Crippen molar-refractivity contribution in [2.45, 2.75) is 141 Å². The highest BCUT2D eigenvalue weighted by molar-refractivity contribution is 7.20. The fourth-order valence-corrected chi connectivity index (χ4v) is 18.6. The van der Waals surface area contributed by atoms with E-state index in [0.29, 0.717) is 53.6 Å². The first-order chi connectivity index (χ1) is 47.6. The number of rotatable bonds is 12. The lowest BCUT2D eigenvalue weighted by molar-refractivity contribution is 0.0792. The average Bonchev–Trinajstić information content (AvgIpc) is 1.59. The van der Waals surface area contributed by atoms with Crippen molar-refractivity contribution in [3.8, 4) is 50.8 Å². The van der Waals surface area contributed by atoms with E-state index in [1.165, 1.54) is 11.3 Å². The van der Waals surface area contributed by atoms with Crippen molar-refractivity contribution in [1.29, 1.82) is 0 Å². The molecule has 6 aliphatic rings. The second-order valence-electron chi connectivity index (χ2n) is 26.0. The van der Waals surface area contributed by atoms with Gasteiger partial charge in [0.1, 0.15) is 23.6 Å². The maximum absolute atomic E-state index is 10.4. The molecule has 3 aromatic carbocycles. The first kappa shape index (κ1) is 65.2. The predicted molar refractivity (Wildman–Crippen MR) is 380 cm³/mol. The number of ether oxygens (including phenoxy) is 3. The van der Waals surface area contributed by atoms with E-state index in [1.807, 2.05) is 87.5 Å². The van der Waals surface area contributed by atoms with Crippen LogP contribution in [0.4, 0.5) is 0 Å². The third-order valence-electron chi connectivity index (χ3n) is 19.3. The quantitative estimate of drug-likeness (QED) is 0.0763. The molecule has 98 heavy (non-hydrogen) atoms. The highest BCUT2D eigenvalue weighted by Gasteiger charge is 2.45. The first-order valence-electron chi connectivity index (χ1n) is 33.2. The number of pyridine rings is 2. The maximum atomic E-state index is 10.4. The van der Waals surface area contributed by atoms with Gasteiger partial charge in [0.2, 0.25) is 0 Å². The summed E-state index contributed by atoms with van der Waals surface area (Å²) >= 11 is 24.3. The van der Waals surface area contributed by atoms with Gasteiger partial charge in [-0.05, 0) is 100.0 Å². The first-order valence-corrected chi connectivity index (χ1v) is 36.8. The molecule has 12 aromatic rings. The van der Waals surface area contributed by atoms with Crippen molar-refractivity contribution >= 4 is 99.5 Å². The average molecular weight is 1430 g/mol. The Labute approximate surface area is 591 Å². The van der Waals surface area contributed by atoms with Crippen molar-refractivity contribution in [2.75, 3.05) is 26.7 Å². The zero-order valence-corrected chi connectivity index (χ0v) is 59.0. The van der Waals surface area contributed by atoms with Crippen LogP contribution in [0.1, 0.15) is 160 Å². The standard InChI is InChI=1S/2C25H24ClN3O3S.C23H21ClN4O3S/c1-3-20(30)21-10-19-23(33-21)15(4-7-28-19)16-9-14(26)8-13-11-25(2,31-22(13)16)24-17-12-27-6-5-18(17)29-32-24;1-3-20(30)22-11-19-25(33-22)15(4-6-27-19)16-10-14(26)8-13-9-21(31-23(13)16)24-17-12-29(2)7-5-18(17)28-32-24;1-2-17(29)19-8-16-23(32-19)20(27-10-26-16)13-7-12(24)5-11-6-18(30-21(11)13)22-14-9-25-4-3-15(14)28-31-22/h4,7-10,20,27,30H,3,5-6,11-12H2,1-2H3;4,6,8,10-11,20-21,30H,3,5,7,9,12H2,1-2H3;5,7-8,10,17-18,25,29H,2-4,6,9H2,1H3. The summed E-state index contributed by atoms with van der Waals surface area (Å²) < 4.78 is 40.0. The number of hydrogen-bond acceptors (Lipinski definition) is 22. The molecule has 25 heteroatoms. The Bertz CT molecular complexity index is 5060. The number of thiophene rings is 3. The third kappa shape index (κ3) is 11.9. The zero-order valence-electron chi connectivity index (χ0n) is 54.3. The van der Waals surface area contributed by atoms with Crippen molar-refractivity contribution in [3.63, 3.8) is 0 Å². The highest BCUT2D eigenvalue weighted by atomic mass is 35.5. The van der Waals surface area contributed by atoms with Crippen LogP contribution >= 0.6 is 68.8 Å². The molecule has 0 radical (unpaired) electrons. The number of nitrogens with zero attached hydrogens (tertiary/aromatic N) is 8. The predicted octanol–water partition coefficient (Wildman–Crippen LogP) is 16.0. The van der Waals surface area contributed by atoms with Crippen LogP contribution in [0.2, 0.25) is 15.1 Å². The summed E-state index contributed by atoms with van der Waals surface area (Å²) in [6.07, 6.45) is 9.74. The molecule has 504 valence electrons. The number of aliphatic hydroxyl groups is 3. The maximum Gasteiger partial charge on any atom is 0.185 e. The van der Waals surface area contributed by atoms with Gasteiger partial charge in [0.25, 0.3) is 0 Å². The lowest BCUT2D eigenvalue weighted by Crippen LogP contribution is -2.31. The molecule has 6 unspecified atom stereocenters. The van der Waals surface area contributed by atoms with E-state index >= 15 is 0 Å². The Morgan fingerprint density at radius 3 is 1.64 bits per heavy atom. The van der Waals surface area contributed by atoms with Crippen LogP contribution in [0, 0.1) is 0 Å². The van der Waals surface area contributed by atoms with Gasteiger partial charge < -0.3 is 58.6 Å². The van der Waals surface area contributed by atoms with E-state index in [4.69, 9.17) is 62.6 Å². The molecule has 0 saturated carbocycles. The summed E-state index contributed by atoms with van der Waals surface area (Å²) in [5.74, 6) is 4.79. The van der Waals surface area contributed by atoms with Crippen molar-refractivity contribution in [3.05, 3.63) is 183 Å². The molecule has 0 amide bonds. The lowest BCUT2D eigenvalue weighted by atomic mass is 9.91. The van der Waals surface area contributed by atoms with Gasteiger partial charge in [0.05, 0.1) is 71.7 Å². The number of benzene rings is 3. The Balaban J connectivity index is 0.000000115. The second-order valence-corrected chi connectivity index (χ2v) is 30.5. The van der Waals surface area contributed by atoms with E-state index in [9.17, 15) is 15.3 Å². The van der Waals surface area contributed by atoms with Gasteiger partial charge in [-0.2, -0.15) is 0 Å². The molecule has 15 heterocycles. The molecule has 5 N–H and O–H groups in total. The Kier molecular flexibility index (Phi) is 17.7. The van der Waals surface area contributed by atoms with Crippen LogP contribution in [0.15, 0.2) is 99.0 Å². The SMILES string of the molecule is CCC(O)c1cc2nccc(-c3cc(Cl)cc4c3OC(C)(c3onc5c3CNCC5)C4)c2s1.CCC(O)c1cc2nccc(-c3cc(Cl)cc4c3OC(c3onc5c3CN(C)CC5)C4)c2s1.CCC(O)c1cc2ncnc(-c3cc(Cl)cc4c3OC(c3onc5c3CNCC5)C4)c2s1. The highest BCUT2D eigenvalue weighted by Crippen LogP contribution is 2.53. The monoisotopic (exact) mass is 1430 g/mol. The van der Waals surface area contributed by atoms with E-state index < -0.39 is 23.9 Å². The van der Waals surface area contributed by atoms with Gasteiger partial charge in [0, 0.05) is 181 Å². The summed E-state index contributed by atoms with van der Waals surface area (Å²) in [6.45, 7) is 13.1. The van der Waals surface area contributed by atoms with Crippen LogP contribution in [-0.2, 0) is 63.8 Å². The molecule has 0 saturated heterocycles. The van der Waals surface area contributed by atoms with Gasteiger partial charge in [-0.25, -0.2) is 9.97 Å². The molecule has 6 atom stereocenters. The molecule has 0 bridgehead atoms. The number of aliphatic hydroxyl groups excluding tert-OH is 3. The number of hydrogen-bond donors (Lipinski definition) is 5. The molecule has 9 aromatic heterocycles. The summed E-state index contributed by atoms with van der Waals surface area (Å²) in [4.78, 5) is 23.0. The largest absolute Gasteiger partial charge is 0.481 e. The molecule has 0 fully saturated rings. The molecule has 0 spiro atoms. The van der Waals surface area contributed by atoms with Gasteiger partial charge in [0.15, 0.2) is 35.1 Å². The Morgan fingerprint density at radius 1 is 0.561 bits per heavy atom. The summed E-state index contributed by atoms with van der Waals surface area (Å²) in [6, 6.07) is 21.6. The second kappa shape index (κ2) is 26.6. The molecule has 18 rings (SSSR count). The zero-order chi connectivity index (χ0) is 67.3. The van der Waals surface area contributed by atoms with Crippen LogP contribution in [0.25, 0.3) is 64.2 Å². The van der Waals surface area contributed by atoms with Gasteiger partial charge in [-0.15, -0.1) is 34.0 Å². The number of fused-ring (bicyclic) bond motifs is 9. The summed E-state index contributed by atoms with van der Waals surface area (Å²) in [5.41, 5.74) is 16.9. The Morgan fingerprint density at radius 2 is 1.05 bits per heavy atom. The van der Waals surface area contributed by atoms with Crippen molar-refractivity contribution in [2.24, 2.45) is 0 Å². The summed E-state index contributed by atoms with van der Waals surface area (Å²) in [5, 5.41) is 52.7. The van der Waals surface area contributed by atoms with E-state index in [2.05, 4.69) is 64.9 Å². The molecule has 6 aliphatic heterocycles. The fourth-order valence-electron chi connectivity index (χ4n) is 14.3. The van der Waals surface area contributed by atoms with E-state index in [1.54, 1.807) is 41.4 Å².